The zero-order chi connectivity index (χ0) is 12.1. The highest BCUT2D eigenvalue weighted by molar-refractivity contribution is 5.91. The zero-order valence-electron chi connectivity index (χ0n) is 8.79. The maximum Gasteiger partial charge on any atom is 0.308 e. The molecule has 0 atom stereocenters. The van der Waals surface area contributed by atoms with E-state index >= 15 is 0 Å². The number of nitrogens with two attached hydrogens (primary N) is 1. The van der Waals surface area contributed by atoms with Crippen LogP contribution in [0.2, 0.25) is 0 Å². The molecule has 0 fully saturated rings. The quantitative estimate of drug-likeness (QED) is 0.515. The summed E-state index contributed by atoms with van der Waals surface area (Å²) >= 11 is 0. The molecule has 1 heterocycles. The number of nitrogens with one attached hydrogen (secondary N) is 2. The van der Waals surface area contributed by atoms with Gasteiger partial charge in [-0.25, -0.2) is 5.43 Å². The minimum atomic E-state index is -0.499. The van der Waals surface area contributed by atoms with E-state index < -0.39 is 5.91 Å². The van der Waals surface area contributed by atoms with Gasteiger partial charge in [0.1, 0.15) is 0 Å². The monoisotopic (exact) mass is 230 g/mol. The lowest BCUT2D eigenvalue weighted by Gasteiger charge is -1.94. The summed E-state index contributed by atoms with van der Waals surface area (Å²) in [6, 6.07) is 9.37. The van der Waals surface area contributed by atoms with Gasteiger partial charge in [0.15, 0.2) is 0 Å². The average molecular weight is 230 g/mol. The van der Waals surface area contributed by atoms with Crippen LogP contribution in [0, 0.1) is 0 Å². The summed E-state index contributed by atoms with van der Waals surface area (Å²) in [5.74, 6) is -0.462. The van der Waals surface area contributed by atoms with Crippen LogP contribution in [0.4, 0.5) is 5.95 Å². The standard InChI is InChI=1S/C10H10N6O/c11-10-13-8(14-16-10)9(17)15-12-6-7-4-2-1-3-5-7/h1-6H,(H,15,17)(H3,11,13,14,16). The second-order valence-electron chi connectivity index (χ2n) is 3.15. The second-order valence-corrected chi connectivity index (χ2v) is 3.15. The number of hydrogen-bond acceptors (Lipinski definition) is 5. The first kappa shape index (κ1) is 10.8. The molecule has 17 heavy (non-hydrogen) atoms. The number of aromatic amines is 1. The van der Waals surface area contributed by atoms with Crippen molar-refractivity contribution in [3.8, 4) is 0 Å². The van der Waals surface area contributed by atoms with Crippen molar-refractivity contribution >= 4 is 18.1 Å². The molecule has 86 valence electrons. The summed E-state index contributed by atoms with van der Waals surface area (Å²) in [6.07, 6.45) is 1.53. The fourth-order valence-electron chi connectivity index (χ4n) is 1.13. The number of anilines is 1. The zero-order valence-corrected chi connectivity index (χ0v) is 8.79. The number of carbonyl (C=O) groups excluding carboxylic acids is 1. The molecular weight excluding hydrogens is 220 g/mol. The number of benzene rings is 1. The van der Waals surface area contributed by atoms with Crippen molar-refractivity contribution in [3.63, 3.8) is 0 Å². The summed E-state index contributed by atoms with van der Waals surface area (Å²) in [4.78, 5) is 15.1. The molecule has 4 N–H and O–H groups in total. The average Bonchev–Trinajstić information content (AvgIpc) is 2.77. The van der Waals surface area contributed by atoms with Gasteiger partial charge in [-0.1, -0.05) is 30.3 Å². The van der Waals surface area contributed by atoms with Gasteiger partial charge in [0, 0.05) is 0 Å². The van der Waals surface area contributed by atoms with E-state index in [0.717, 1.165) is 5.56 Å². The number of nitrogens with zero attached hydrogens (tertiary/aromatic N) is 3. The Morgan fingerprint density at radius 3 is 2.82 bits per heavy atom. The summed E-state index contributed by atoms with van der Waals surface area (Å²) in [5.41, 5.74) is 8.45. The topological polar surface area (TPSA) is 109 Å². The Morgan fingerprint density at radius 1 is 1.41 bits per heavy atom. The van der Waals surface area contributed by atoms with Crippen molar-refractivity contribution < 1.29 is 4.79 Å². The Labute approximate surface area is 96.8 Å². The molecule has 0 spiro atoms. The molecule has 1 aromatic carbocycles. The summed E-state index contributed by atoms with van der Waals surface area (Å²) in [7, 11) is 0. The van der Waals surface area contributed by atoms with Crippen LogP contribution in [-0.4, -0.2) is 27.3 Å². The molecule has 2 rings (SSSR count). The fraction of sp³-hybridized carbons (Fsp3) is 0. The number of hydrogen-bond donors (Lipinski definition) is 3. The maximum absolute atomic E-state index is 11.4. The third kappa shape index (κ3) is 2.88. The lowest BCUT2D eigenvalue weighted by molar-refractivity contribution is 0.0945. The smallest absolute Gasteiger partial charge is 0.308 e. The molecule has 0 saturated carbocycles. The summed E-state index contributed by atoms with van der Waals surface area (Å²) < 4.78 is 0. The second kappa shape index (κ2) is 4.88. The Kier molecular flexibility index (Phi) is 3.10. The van der Waals surface area contributed by atoms with E-state index in [-0.39, 0.29) is 11.8 Å². The van der Waals surface area contributed by atoms with Crippen molar-refractivity contribution in [1.82, 2.24) is 20.6 Å². The van der Waals surface area contributed by atoms with Crippen molar-refractivity contribution in [3.05, 3.63) is 41.7 Å². The van der Waals surface area contributed by atoms with Gasteiger partial charge in [-0.05, 0) is 5.56 Å². The highest BCUT2D eigenvalue weighted by Crippen LogP contribution is 1.94. The Bertz CT molecular complexity index is 533. The molecule has 0 saturated heterocycles. The predicted octanol–water partition coefficient (Wildman–Crippen LogP) is 0.151. The van der Waals surface area contributed by atoms with E-state index in [1.807, 2.05) is 30.3 Å². The van der Waals surface area contributed by atoms with E-state index in [1.54, 1.807) is 0 Å². The molecule has 1 aromatic heterocycles. The van der Waals surface area contributed by atoms with Crippen molar-refractivity contribution in [2.24, 2.45) is 5.10 Å². The number of aromatic nitrogens is 3. The number of carbonyl (C=O) groups is 1. The van der Waals surface area contributed by atoms with E-state index in [9.17, 15) is 4.79 Å². The Morgan fingerprint density at radius 2 is 2.18 bits per heavy atom. The highest BCUT2D eigenvalue weighted by atomic mass is 16.2. The summed E-state index contributed by atoms with van der Waals surface area (Å²) in [5, 5.41) is 9.69. The molecular formula is C10H10N6O. The van der Waals surface area contributed by atoms with Gasteiger partial charge in [0.05, 0.1) is 6.21 Å². The number of rotatable bonds is 3. The maximum atomic E-state index is 11.4. The minimum absolute atomic E-state index is 0.0159. The Balaban J connectivity index is 1.95. The molecule has 0 aliphatic heterocycles. The van der Waals surface area contributed by atoms with Crippen LogP contribution in [0.3, 0.4) is 0 Å². The normalized spacial score (nSPS) is 10.6. The number of nitrogen functional groups attached to an aromatic ring is 1. The third-order valence-corrected chi connectivity index (χ3v) is 1.90. The minimum Gasteiger partial charge on any atom is -0.366 e. The van der Waals surface area contributed by atoms with Crippen LogP contribution >= 0.6 is 0 Å². The molecule has 0 bridgehead atoms. The SMILES string of the molecule is Nc1n[nH]c(C(=O)NN=Cc2ccccc2)n1. The van der Waals surface area contributed by atoms with E-state index in [0.29, 0.717) is 0 Å². The Hall–Kier alpha value is -2.70. The van der Waals surface area contributed by atoms with Gasteiger partial charge in [-0.3, -0.25) is 9.89 Å². The van der Waals surface area contributed by atoms with Gasteiger partial charge >= 0.3 is 5.91 Å². The molecule has 7 nitrogen and oxygen atoms in total. The van der Waals surface area contributed by atoms with Crippen LogP contribution < -0.4 is 11.2 Å². The molecule has 7 heteroatoms. The first-order valence-corrected chi connectivity index (χ1v) is 4.82. The van der Waals surface area contributed by atoms with Gasteiger partial charge in [-0.15, -0.1) is 5.10 Å². The highest BCUT2D eigenvalue weighted by Gasteiger charge is 2.08. The third-order valence-electron chi connectivity index (χ3n) is 1.90. The van der Waals surface area contributed by atoms with E-state index in [1.165, 1.54) is 6.21 Å². The van der Waals surface area contributed by atoms with Crippen LogP contribution in [-0.2, 0) is 0 Å². The molecule has 0 aliphatic rings. The van der Waals surface area contributed by atoms with Gasteiger partial charge in [0.2, 0.25) is 11.8 Å². The van der Waals surface area contributed by atoms with Crippen LogP contribution in [0.5, 0.6) is 0 Å². The summed E-state index contributed by atoms with van der Waals surface area (Å²) in [6.45, 7) is 0. The largest absolute Gasteiger partial charge is 0.366 e. The van der Waals surface area contributed by atoms with Crippen molar-refractivity contribution in [2.75, 3.05) is 5.73 Å². The molecule has 0 aliphatic carbocycles. The van der Waals surface area contributed by atoms with Crippen molar-refractivity contribution in [2.45, 2.75) is 0 Å². The number of amides is 1. The molecule has 1 amide bonds. The van der Waals surface area contributed by atoms with Crippen LogP contribution in [0.25, 0.3) is 0 Å². The predicted molar refractivity (Wildman–Crippen MR) is 62.3 cm³/mol. The van der Waals surface area contributed by atoms with Crippen molar-refractivity contribution in [1.29, 1.82) is 0 Å². The molecule has 0 unspecified atom stereocenters. The first-order chi connectivity index (χ1) is 8.25. The first-order valence-electron chi connectivity index (χ1n) is 4.82. The van der Waals surface area contributed by atoms with Crippen LogP contribution in [0.15, 0.2) is 35.4 Å². The molecule has 0 radical (unpaired) electrons. The number of H-pyrrole nitrogens is 1. The number of hydrazone groups is 1. The van der Waals surface area contributed by atoms with Gasteiger partial charge in [0.25, 0.3) is 0 Å². The van der Waals surface area contributed by atoms with E-state index in [2.05, 4.69) is 25.7 Å². The lowest BCUT2D eigenvalue weighted by atomic mass is 10.2. The van der Waals surface area contributed by atoms with Gasteiger partial charge in [-0.2, -0.15) is 10.1 Å². The molecule has 2 aromatic rings. The van der Waals surface area contributed by atoms with E-state index in [4.69, 9.17) is 5.73 Å². The lowest BCUT2D eigenvalue weighted by Crippen LogP contribution is -2.19. The van der Waals surface area contributed by atoms with Crippen LogP contribution in [0.1, 0.15) is 16.2 Å². The fourth-order valence-corrected chi connectivity index (χ4v) is 1.13. The van der Waals surface area contributed by atoms with Gasteiger partial charge < -0.3 is 5.73 Å².